The molecule has 1 spiro atoms. The van der Waals surface area contributed by atoms with Crippen molar-refractivity contribution in [2.75, 3.05) is 27.3 Å². The van der Waals surface area contributed by atoms with Crippen molar-refractivity contribution in [3.8, 4) is 0 Å². The minimum atomic E-state index is -0.419. The van der Waals surface area contributed by atoms with E-state index in [-0.39, 0.29) is 35.8 Å². The number of rotatable bonds is 4. The Balaban J connectivity index is 1.69. The molecule has 3 heterocycles. The molecule has 3 saturated heterocycles. The second-order valence-electron chi connectivity index (χ2n) is 8.41. The van der Waals surface area contributed by atoms with Gasteiger partial charge in [-0.2, -0.15) is 0 Å². The first-order valence-corrected chi connectivity index (χ1v) is 10.3. The summed E-state index contributed by atoms with van der Waals surface area (Å²) in [7, 11) is 2.97. The molecule has 6 heteroatoms. The highest BCUT2D eigenvalue weighted by molar-refractivity contribution is 5.90. The maximum absolute atomic E-state index is 13.2. The Bertz CT molecular complexity index is 743. The van der Waals surface area contributed by atoms with E-state index in [1.807, 2.05) is 6.08 Å². The fourth-order valence-corrected chi connectivity index (χ4v) is 6.07. The number of methoxy groups -OCH3 is 2. The lowest BCUT2D eigenvalue weighted by Gasteiger charge is -2.46. The molecule has 0 aromatic rings. The molecule has 0 aromatic carbocycles. The number of fused-ring (bicyclic) bond motifs is 4. The third-order valence-electron chi connectivity index (χ3n) is 7.40. The molecule has 1 aliphatic carbocycles. The Morgan fingerprint density at radius 2 is 2.14 bits per heavy atom. The number of hydrogen-bond donors (Lipinski definition) is 1. The van der Waals surface area contributed by atoms with Crippen molar-refractivity contribution in [1.29, 1.82) is 0 Å². The van der Waals surface area contributed by atoms with Crippen molar-refractivity contribution in [3.63, 3.8) is 0 Å². The highest BCUT2D eigenvalue weighted by Crippen LogP contribution is 2.55. The first kappa shape index (κ1) is 19.2. The van der Waals surface area contributed by atoms with Crippen molar-refractivity contribution in [1.82, 2.24) is 10.2 Å². The van der Waals surface area contributed by atoms with Crippen LogP contribution in [-0.2, 0) is 19.1 Å². The second kappa shape index (κ2) is 7.39. The zero-order chi connectivity index (χ0) is 19.9. The quantitative estimate of drug-likeness (QED) is 0.455. The summed E-state index contributed by atoms with van der Waals surface area (Å²) >= 11 is 0. The molecule has 3 aliphatic heterocycles. The van der Waals surface area contributed by atoms with Crippen LogP contribution in [0.4, 0.5) is 0 Å². The summed E-state index contributed by atoms with van der Waals surface area (Å²) in [4.78, 5) is 28.2. The highest BCUT2D eigenvalue weighted by atomic mass is 16.5. The van der Waals surface area contributed by atoms with Crippen LogP contribution in [0.15, 0.2) is 36.1 Å². The summed E-state index contributed by atoms with van der Waals surface area (Å²) in [5.41, 5.74) is 0.171. The van der Waals surface area contributed by atoms with E-state index in [0.717, 1.165) is 32.4 Å². The minimum absolute atomic E-state index is 0.0311. The average Bonchev–Trinajstić information content (AvgIpc) is 3.23. The van der Waals surface area contributed by atoms with Crippen molar-refractivity contribution in [3.05, 3.63) is 36.1 Å². The monoisotopic (exact) mass is 386 g/mol. The van der Waals surface area contributed by atoms with E-state index in [0.29, 0.717) is 11.5 Å². The van der Waals surface area contributed by atoms with E-state index in [9.17, 15) is 9.59 Å². The van der Waals surface area contributed by atoms with Crippen LogP contribution in [0.5, 0.6) is 0 Å². The van der Waals surface area contributed by atoms with Crippen molar-refractivity contribution < 1.29 is 19.1 Å². The van der Waals surface area contributed by atoms with Crippen molar-refractivity contribution >= 4 is 11.9 Å². The molecule has 1 N–H and O–H groups in total. The van der Waals surface area contributed by atoms with Crippen LogP contribution in [0.2, 0.25) is 0 Å². The van der Waals surface area contributed by atoms with Crippen LogP contribution in [0, 0.1) is 23.2 Å². The van der Waals surface area contributed by atoms with Gasteiger partial charge in [0.2, 0.25) is 5.91 Å². The van der Waals surface area contributed by atoms with E-state index < -0.39 is 5.41 Å². The molecule has 6 nitrogen and oxygen atoms in total. The topological polar surface area (TPSA) is 67.9 Å². The smallest absolute Gasteiger partial charge is 0.337 e. The van der Waals surface area contributed by atoms with E-state index in [1.165, 1.54) is 13.4 Å². The van der Waals surface area contributed by atoms with E-state index in [2.05, 4.69) is 35.4 Å². The molecular weight excluding hydrogens is 356 g/mol. The number of hydrogen-bond acceptors (Lipinski definition) is 5. The van der Waals surface area contributed by atoms with Gasteiger partial charge < -0.3 is 14.8 Å². The number of carbonyl (C=O) groups excluding carboxylic acids is 2. The third kappa shape index (κ3) is 2.72. The normalized spacial score (nSPS) is 39.6. The lowest BCUT2D eigenvalue weighted by molar-refractivity contribution is -0.137. The van der Waals surface area contributed by atoms with Crippen LogP contribution in [-0.4, -0.2) is 56.2 Å². The van der Waals surface area contributed by atoms with E-state index in [4.69, 9.17) is 9.47 Å². The fraction of sp³-hybridized carbons (Fsp3) is 0.636. The number of nitrogens with zero attached hydrogens (tertiary/aromatic N) is 1. The number of allylic oxidation sites excluding steroid dienone is 2. The van der Waals surface area contributed by atoms with Gasteiger partial charge in [-0.1, -0.05) is 37.6 Å². The summed E-state index contributed by atoms with van der Waals surface area (Å²) in [5, 5.41) is 3.22. The molecule has 0 saturated carbocycles. The number of piperidine rings is 1. The average molecular weight is 386 g/mol. The lowest BCUT2D eigenvalue weighted by Crippen LogP contribution is -2.53. The molecule has 6 atom stereocenters. The fourth-order valence-electron chi connectivity index (χ4n) is 6.07. The van der Waals surface area contributed by atoms with Crippen LogP contribution >= 0.6 is 0 Å². The van der Waals surface area contributed by atoms with Crippen molar-refractivity contribution in [2.24, 2.45) is 23.2 Å². The SMILES string of the molecule is CC[C@@H]1CN2CC[C@]3(C(=O)NC4C=CC=CC43)C2C[C@@H]1C(=COC)C(=O)OC. The van der Waals surface area contributed by atoms with Gasteiger partial charge in [0.15, 0.2) is 0 Å². The summed E-state index contributed by atoms with van der Waals surface area (Å²) < 4.78 is 10.3. The summed E-state index contributed by atoms with van der Waals surface area (Å²) in [5.74, 6) is 0.375. The summed E-state index contributed by atoms with van der Waals surface area (Å²) in [6.07, 6.45) is 12.5. The van der Waals surface area contributed by atoms with Crippen LogP contribution < -0.4 is 5.32 Å². The lowest BCUT2D eigenvalue weighted by atomic mass is 9.64. The standard InChI is InChI=1S/C22H30N2O4/c1-4-14-12-24-10-9-22(17-7-5-6-8-18(17)23-21(22)26)19(24)11-15(14)16(13-27-2)20(25)28-3/h5-8,13-15,17-19H,4,9-12H2,1-3H3,(H,23,26)/t14-,15+,17?,18?,19?,22-/m1/s1. The van der Waals surface area contributed by atoms with Crippen LogP contribution in [0.25, 0.3) is 0 Å². The van der Waals surface area contributed by atoms with Gasteiger partial charge >= 0.3 is 5.97 Å². The largest absolute Gasteiger partial charge is 0.504 e. The third-order valence-corrected chi connectivity index (χ3v) is 7.40. The van der Waals surface area contributed by atoms with Gasteiger partial charge in [0.1, 0.15) is 0 Å². The molecule has 0 radical (unpaired) electrons. The molecule has 0 aromatic heterocycles. The summed E-state index contributed by atoms with van der Waals surface area (Å²) in [6, 6.07) is 0.200. The first-order valence-electron chi connectivity index (χ1n) is 10.3. The molecule has 4 rings (SSSR count). The first-order chi connectivity index (χ1) is 13.6. The Hall–Kier alpha value is -2.08. The molecule has 1 amide bonds. The maximum Gasteiger partial charge on any atom is 0.337 e. The van der Waals surface area contributed by atoms with E-state index >= 15 is 0 Å². The molecule has 152 valence electrons. The Labute approximate surface area is 166 Å². The van der Waals surface area contributed by atoms with Gasteiger partial charge in [-0.05, 0) is 31.2 Å². The second-order valence-corrected chi connectivity index (χ2v) is 8.41. The summed E-state index contributed by atoms with van der Waals surface area (Å²) in [6.45, 7) is 4.00. The van der Waals surface area contributed by atoms with Gasteiger partial charge in [0.25, 0.3) is 0 Å². The molecule has 3 fully saturated rings. The van der Waals surface area contributed by atoms with Crippen molar-refractivity contribution in [2.45, 2.75) is 38.3 Å². The Morgan fingerprint density at radius 3 is 2.86 bits per heavy atom. The van der Waals surface area contributed by atoms with E-state index in [1.54, 1.807) is 7.11 Å². The number of ether oxygens (including phenoxy) is 2. The van der Waals surface area contributed by atoms with Gasteiger partial charge in [0, 0.05) is 18.5 Å². The molecular formula is C22H30N2O4. The predicted octanol–water partition coefficient (Wildman–Crippen LogP) is 2.04. The van der Waals surface area contributed by atoms with Crippen LogP contribution in [0.1, 0.15) is 26.2 Å². The number of nitrogens with one attached hydrogen (secondary N) is 1. The Morgan fingerprint density at radius 1 is 1.36 bits per heavy atom. The molecule has 3 unspecified atom stereocenters. The number of carbonyl (C=O) groups is 2. The number of amides is 1. The molecule has 4 aliphatic rings. The van der Waals surface area contributed by atoms with Gasteiger partial charge in [-0.25, -0.2) is 4.79 Å². The number of esters is 1. The zero-order valence-corrected chi connectivity index (χ0v) is 16.9. The predicted molar refractivity (Wildman–Crippen MR) is 105 cm³/mol. The maximum atomic E-state index is 13.2. The van der Waals surface area contributed by atoms with Gasteiger partial charge in [-0.3, -0.25) is 9.69 Å². The van der Waals surface area contributed by atoms with Crippen LogP contribution in [0.3, 0.4) is 0 Å². The Kier molecular flexibility index (Phi) is 5.08. The molecule has 28 heavy (non-hydrogen) atoms. The minimum Gasteiger partial charge on any atom is -0.504 e. The van der Waals surface area contributed by atoms with Gasteiger partial charge in [0.05, 0.1) is 37.5 Å². The molecule has 0 bridgehead atoms. The zero-order valence-electron chi connectivity index (χ0n) is 16.9. The van der Waals surface area contributed by atoms with Gasteiger partial charge in [-0.15, -0.1) is 0 Å². The highest BCUT2D eigenvalue weighted by Gasteiger charge is 2.63.